The van der Waals surface area contributed by atoms with Crippen LogP contribution >= 0.6 is 11.3 Å². The summed E-state index contributed by atoms with van der Waals surface area (Å²) in [6, 6.07) is 6.20. The van der Waals surface area contributed by atoms with Crippen LogP contribution < -0.4 is 0 Å². The highest BCUT2D eigenvalue weighted by molar-refractivity contribution is 7.18. The van der Waals surface area contributed by atoms with Crippen LogP contribution in [0.3, 0.4) is 0 Å². The first kappa shape index (κ1) is 12.3. The van der Waals surface area contributed by atoms with Crippen LogP contribution in [-0.2, 0) is 5.41 Å². The van der Waals surface area contributed by atoms with Gasteiger partial charge in [-0.25, -0.2) is 14.6 Å². The highest BCUT2D eigenvalue weighted by Crippen LogP contribution is 2.31. The lowest BCUT2D eigenvalue weighted by Crippen LogP contribution is -2.09. The van der Waals surface area contributed by atoms with E-state index in [2.05, 4.69) is 36.9 Å². The van der Waals surface area contributed by atoms with Gasteiger partial charge in [-0.1, -0.05) is 20.8 Å². The number of aromatic nitrogens is 4. The maximum Gasteiger partial charge on any atom is 0.147 e. The van der Waals surface area contributed by atoms with Crippen molar-refractivity contribution in [3.05, 3.63) is 35.4 Å². The molecule has 0 aliphatic rings. The molecule has 1 aromatic carbocycles. The van der Waals surface area contributed by atoms with Gasteiger partial charge in [0.1, 0.15) is 12.2 Å². The molecule has 98 valence electrons. The summed E-state index contributed by atoms with van der Waals surface area (Å²) in [6.45, 7) is 8.45. The Kier molecular flexibility index (Phi) is 2.67. The van der Waals surface area contributed by atoms with Crippen LogP contribution in [-0.4, -0.2) is 19.7 Å². The molecular weight excluding hydrogens is 256 g/mol. The lowest BCUT2D eigenvalue weighted by Gasteiger charge is -2.13. The van der Waals surface area contributed by atoms with E-state index in [0.29, 0.717) is 0 Å². The largest absolute Gasteiger partial charge is 0.241 e. The maximum absolute atomic E-state index is 4.70. The van der Waals surface area contributed by atoms with Crippen LogP contribution in [0.5, 0.6) is 0 Å². The molecule has 0 N–H and O–H groups in total. The average Bonchev–Trinajstić information content (AvgIpc) is 2.92. The predicted molar refractivity (Wildman–Crippen MR) is 78.0 cm³/mol. The second-order valence-corrected chi connectivity index (χ2v) is 6.69. The van der Waals surface area contributed by atoms with E-state index < -0.39 is 0 Å². The van der Waals surface area contributed by atoms with Gasteiger partial charge < -0.3 is 0 Å². The van der Waals surface area contributed by atoms with Gasteiger partial charge in [0.25, 0.3) is 0 Å². The zero-order valence-corrected chi connectivity index (χ0v) is 12.3. The van der Waals surface area contributed by atoms with Gasteiger partial charge in [0, 0.05) is 5.41 Å². The first-order valence-corrected chi connectivity index (χ1v) is 7.05. The lowest BCUT2D eigenvalue weighted by molar-refractivity contribution is 0.587. The molecule has 0 unspecified atom stereocenters. The minimum Gasteiger partial charge on any atom is -0.241 e. The molecular formula is C14H16N4S. The van der Waals surface area contributed by atoms with Crippen molar-refractivity contribution in [2.75, 3.05) is 0 Å². The molecule has 0 atom stereocenters. The van der Waals surface area contributed by atoms with Gasteiger partial charge in [-0.3, -0.25) is 0 Å². The fourth-order valence-corrected chi connectivity index (χ4v) is 2.90. The highest BCUT2D eigenvalue weighted by atomic mass is 32.1. The third-order valence-corrected chi connectivity index (χ3v) is 4.33. The molecule has 0 bridgehead atoms. The van der Waals surface area contributed by atoms with Gasteiger partial charge >= 0.3 is 0 Å². The molecule has 0 spiro atoms. The van der Waals surface area contributed by atoms with Crippen molar-refractivity contribution in [3.8, 4) is 5.69 Å². The Bertz CT molecular complexity index is 733. The Labute approximate surface area is 116 Å². The number of hydrogen-bond acceptors (Lipinski definition) is 4. The Hall–Kier alpha value is -1.75. The molecule has 0 amide bonds. The summed E-state index contributed by atoms with van der Waals surface area (Å²) < 4.78 is 2.99. The van der Waals surface area contributed by atoms with Crippen molar-refractivity contribution in [3.63, 3.8) is 0 Å². The summed E-state index contributed by atoms with van der Waals surface area (Å²) in [5.74, 6) is 0.778. The third kappa shape index (κ3) is 2.26. The van der Waals surface area contributed by atoms with E-state index >= 15 is 0 Å². The Morgan fingerprint density at radius 3 is 2.63 bits per heavy atom. The maximum atomic E-state index is 4.70. The summed E-state index contributed by atoms with van der Waals surface area (Å²) in [5.41, 5.74) is 2.17. The standard InChI is InChI=1S/C14H16N4S/c1-9-15-8-18(17-9)10-5-6-11-12(7-10)19-13(16-11)14(2,3)4/h5-8H,1-4H3. The molecule has 3 rings (SSSR count). The van der Waals surface area contributed by atoms with Gasteiger partial charge in [-0.2, -0.15) is 5.10 Å². The van der Waals surface area contributed by atoms with E-state index in [9.17, 15) is 0 Å². The summed E-state index contributed by atoms with van der Waals surface area (Å²) in [7, 11) is 0. The van der Waals surface area contributed by atoms with Crippen LogP contribution in [0.25, 0.3) is 15.9 Å². The van der Waals surface area contributed by atoms with Crippen molar-refractivity contribution >= 4 is 21.6 Å². The topological polar surface area (TPSA) is 43.6 Å². The number of aryl methyl sites for hydroxylation is 1. The van der Waals surface area contributed by atoms with Crippen LogP contribution in [0.15, 0.2) is 24.5 Å². The van der Waals surface area contributed by atoms with Crippen molar-refractivity contribution < 1.29 is 0 Å². The molecule has 5 heteroatoms. The summed E-state index contributed by atoms with van der Waals surface area (Å²) in [6.07, 6.45) is 1.74. The van der Waals surface area contributed by atoms with E-state index in [1.165, 1.54) is 4.70 Å². The van der Waals surface area contributed by atoms with Gasteiger partial charge in [0.15, 0.2) is 0 Å². The molecule has 3 aromatic rings. The first-order valence-electron chi connectivity index (χ1n) is 6.23. The number of benzene rings is 1. The smallest absolute Gasteiger partial charge is 0.147 e. The number of thiazole rings is 1. The summed E-state index contributed by atoms with van der Waals surface area (Å²) in [4.78, 5) is 8.85. The van der Waals surface area contributed by atoms with Crippen molar-refractivity contribution in [2.45, 2.75) is 33.1 Å². The second kappa shape index (κ2) is 4.13. The zero-order chi connectivity index (χ0) is 13.6. The fourth-order valence-electron chi connectivity index (χ4n) is 1.85. The summed E-state index contributed by atoms with van der Waals surface area (Å²) >= 11 is 1.75. The van der Waals surface area contributed by atoms with Crippen molar-refractivity contribution in [1.29, 1.82) is 0 Å². The van der Waals surface area contributed by atoms with E-state index in [4.69, 9.17) is 4.98 Å². The fraction of sp³-hybridized carbons (Fsp3) is 0.357. The quantitative estimate of drug-likeness (QED) is 0.681. The predicted octanol–water partition coefficient (Wildman–Crippen LogP) is 3.48. The van der Waals surface area contributed by atoms with Crippen LogP contribution in [0.2, 0.25) is 0 Å². The zero-order valence-electron chi connectivity index (χ0n) is 11.5. The minimum absolute atomic E-state index is 0.0910. The molecule has 2 heterocycles. The van der Waals surface area contributed by atoms with Gasteiger partial charge in [0.05, 0.1) is 20.9 Å². The van der Waals surface area contributed by atoms with Crippen LogP contribution in [0.1, 0.15) is 31.6 Å². The molecule has 19 heavy (non-hydrogen) atoms. The monoisotopic (exact) mass is 272 g/mol. The molecule has 2 aromatic heterocycles. The van der Waals surface area contributed by atoms with Gasteiger partial charge in [0.2, 0.25) is 0 Å². The van der Waals surface area contributed by atoms with E-state index in [-0.39, 0.29) is 5.41 Å². The third-order valence-electron chi connectivity index (χ3n) is 2.88. The molecule has 0 radical (unpaired) electrons. The Balaban J connectivity index is 2.11. The van der Waals surface area contributed by atoms with Gasteiger partial charge in [-0.15, -0.1) is 11.3 Å². The summed E-state index contributed by atoms with van der Waals surface area (Å²) in [5, 5.41) is 5.49. The number of nitrogens with zero attached hydrogens (tertiary/aromatic N) is 4. The molecule has 4 nitrogen and oxygen atoms in total. The molecule has 0 aliphatic heterocycles. The SMILES string of the molecule is Cc1ncn(-c2ccc3nc(C(C)(C)C)sc3c2)n1. The number of rotatable bonds is 1. The first-order chi connectivity index (χ1) is 8.93. The highest BCUT2D eigenvalue weighted by Gasteiger charge is 2.18. The molecule has 0 fully saturated rings. The van der Waals surface area contributed by atoms with Crippen molar-refractivity contribution in [1.82, 2.24) is 19.7 Å². The second-order valence-electron chi connectivity index (χ2n) is 5.66. The average molecular weight is 272 g/mol. The Morgan fingerprint density at radius 1 is 1.21 bits per heavy atom. The minimum atomic E-state index is 0.0910. The van der Waals surface area contributed by atoms with Crippen molar-refractivity contribution in [2.24, 2.45) is 0 Å². The number of fused-ring (bicyclic) bond motifs is 1. The molecule has 0 saturated heterocycles. The molecule has 0 saturated carbocycles. The van der Waals surface area contributed by atoms with E-state index in [1.807, 2.05) is 19.1 Å². The number of hydrogen-bond donors (Lipinski definition) is 0. The Morgan fingerprint density at radius 2 is 2.00 bits per heavy atom. The normalized spacial score (nSPS) is 12.2. The van der Waals surface area contributed by atoms with Crippen LogP contribution in [0, 0.1) is 6.92 Å². The van der Waals surface area contributed by atoms with E-state index in [1.54, 1.807) is 22.3 Å². The van der Waals surface area contributed by atoms with E-state index in [0.717, 1.165) is 22.0 Å². The van der Waals surface area contributed by atoms with Gasteiger partial charge in [-0.05, 0) is 25.1 Å². The van der Waals surface area contributed by atoms with Crippen LogP contribution in [0.4, 0.5) is 0 Å². The molecule has 0 aliphatic carbocycles. The lowest BCUT2D eigenvalue weighted by atomic mass is 9.98.